The number of aromatic carboxylic acids is 1. The fraction of sp³-hybridized carbons (Fsp3) is 0.462. The third-order valence-electron chi connectivity index (χ3n) is 3.40. The van der Waals surface area contributed by atoms with Gasteiger partial charge >= 0.3 is 5.97 Å². The zero-order valence-electron chi connectivity index (χ0n) is 11.3. The van der Waals surface area contributed by atoms with Crippen LogP contribution in [0.4, 0.5) is 0 Å². The summed E-state index contributed by atoms with van der Waals surface area (Å²) in [5, 5.41) is 8.90. The van der Waals surface area contributed by atoms with E-state index in [1.807, 2.05) is 0 Å². The average molecular weight is 299 g/mol. The molecule has 0 saturated heterocycles. The second kappa shape index (κ2) is 5.41. The van der Waals surface area contributed by atoms with Gasteiger partial charge in [0, 0.05) is 6.04 Å². The summed E-state index contributed by atoms with van der Waals surface area (Å²) in [6.45, 7) is 2.06. The van der Waals surface area contributed by atoms with Crippen molar-refractivity contribution >= 4 is 16.0 Å². The van der Waals surface area contributed by atoms with E-state index in [-0.39, 0.29) is 22.3 Å². The Morgan fingerprint density at radius 2 is 2.05 bits per heavy atom. The van der Waals surface area contributed by atoms with E-state index in [1.165, 1.54) is 25.3 Å². The van der Waals surface area contributed by atoms with E-state index in [2.05, 4.69) is 11.6 Å². The maximum atomic E-state index is 12.3. The van der Waals surface area contributed by atoms with Gasteiger partial charge in [-0.05, 0) is 37.0 Å². The fourth-order valence-corrected chi connectivity index (χ4v) is 3.72. The molecular weight excluding hydrogens is 282 g/mol. The van der Waals surface area contributed by atoms with Crippen LogP contribution < -0.4 is 9.46 Å². The number of hydrogen-bond donors (Lipinski definition) is 2. The minimum absolute atomic E-state index is 0.0157. The van der Waals surface area contributed by atoms with Gasteiger partial charge in [0.05, 0.1) is 12.7 Å². The zero-order valence-corrected chi connectivity index (χ0v) is 12.1. The number of carboxylic acids is 1. The lowest BCUT2D eigenvalue weighted by Crippen LogP contribution is -2.43. The molecule has 1 aromatic carbocycles. The van der Waals surface area contributed by atoms with Crippen molar-refractivity contribution in [1.29, 1.82) is 0 Å². The molecule has 110 valence electrons. The first-order chi connectivity index (χ1) is 9.33. The van der Waals surface area contributed by atoms with Crippen LogP contribution in [0.15, 0.2) is 23.1 Å². The second-order valence-electron chi connectivity index (χ2n) is 5.07. The SMILES string of the molecule is COc1cc(C(=O)O)ccc1S(=O)(=O)NC1CC(C)C1. The van der Waals surface area contributed by atoms with E-state index >= 15 is 0 Å². The summed E-state index contributed by atoms with van der Waals surface area (Å²) < 4.78 is 32.1. The lowest BCUT2D eigenvalue weighted by atomic mass is 9.83. The number of hydrogen-bond acceptors (Lipinski definition) is 4. The summed E-state index contributed by atoms with van der Waals surface area (Å²) >= 11 is 0. The number of ether oxygens (including phenoxy) is 1. The number of benzene rings is 1. The van der Waals surface area contributed by atoms with E-state index in [0.29, 0.717) is 5.92 Å². The first-order valence-corrected chi connectivity index (χ1v) is 7.75. The van der Waals surface area contributed by atoms with Crippen molar-refractivity contribution < 1.29 is 23.1 Å². The molecule has 6 nitrogen and oxygen atoms in total. The quantitative estimate of drug-likeness (QED) is 0.859. The Hall–Kier alpha value is -1.60. The molecule has 0 aliphatic heterocycles. The first kappa shape index (κ1) is 14.8. The summed E-state index contributed by atoms with van der Waals surface area (Å²) in [5.41, 5.74) is -0.0157. The Morgan fingerprint density at radius 3 is 2.55 bits per heavy atom. The van der Waals surface area contributed by atoms with Crippen LogP contribution in [-0.2, 0) is 10.0 Å². The molecule has 20 heavy (non-hydrogen) atoms. The largest absolute Gasteiger partial charge is 0.495 e. The molecule has 0 aromatic heterocycles. The standard InChI is InChI=1S/C13H17NO5S/c1-8-5-10(6-8)14-20(17,18)12-4-3-9(13(15)16)7-11(12)19-2/h3-4,7-8,10,14H,5-6H2,1-2H3,(H,15,16). The molecule has 1 saturated carbocycles. The molecule has 0 amide bonds. The highest BCUT2D eigenvalue weighted by Gasteiger charge is 2.31. The van der Waals surface area contributed by atoms with Gasteiger partial charge in [-0.25, -0.2) is 17.9 Å². The highest BCUT2D eigenvalue weighted by atomic mass is 32.2. The van der Waals surface area contributed by atoms with Crippen molar-refractivity contribution in [3.63, 3.8) is 0 Å². The summed E-state index contributed by atoms with van der Waals surface area (Å²) in [6.07, 6.45) is 1.63. The highest BCUT2D eigenvalue weighted by Crippen LogP contribution is 2.30. The van der Waals surface area contributed by atoms with Crippen LogP contribution in [0.3, 0.4) is 0 Å². The predicted octanol–water partition coefficient (Wildman–Crippen LogP) is 1.47. The Morgan fingerprint density at radius 1 is 1.40 bits per heavy atom. The summed E-state index contributed by atoms with van der Waals surface area (Å²) in [6, 6.07) is 3.66. The van der Waals surface area contributed by atoms with Crippen molar-refractivity contribution in [2.75, 3.05) is 7.11 Å². The van der Waals surface area contributed by atoms with E-state index in [1.54, 1.807) is 0 Å². The number of sulfonamides is 1. The van der Waals surface area contributed by atoms with Crippen molar-refractivity contribution in [2.45, 2.75) is 30.7 Å². The van der Waals surface area contributed by atoms with Gasteiger partial charge in [0.1, 0.15) is 10.6 Å². The lowest BCUT2D eigenvalue weighted by molar-refractivity contribution is 0.0696. The molecule has 0 unspecified atom stereocenters. The highest BCUT2D eigenvalue weighted by molar-refractivity contribution is 7.89. The lowest BCUT2D eigenvalue weighted by Gasteiger charge is -2.33. The van der Waals surface area contributed by atoms with Crippen LogP contribution >= 0.6 is 0 Å². The molecule has 0 atom stereocenters. The Labute approximate surface area is 117 Å². The first-order valence-electron chi connectivity index (χ1n) is 6.27. The zero-order chi connectivity index (χ0) is 14.9. The van der Waals surface area contributed by atoms with E-state index in [0.717, 1.165) is 12.8 Å². The molecule has 2 rings (SSSR count). The average Bonchev–Trinajstić information content (AvgIpc) is 2.35. The number of rotatable bonds is 5. The van der Waals surface area contributed by atoms with Crippen molar-refractivity contribution in [1.82, 2.24) is 4.72 Å². The smallest absolute Gasteiger partial charge is 0.335 e. The number of carbonyl (C=O) groups is 1. The molecule has 1 aliphatic rings. The molecule has 0 bridgehead atoms. The minimum atomic E-state index is -3.70. The summed E-state index contributed by atoms with van der Waals surface area (Å²) in [4.78, 5) is 10.8. The molecule has 7 heteroatoms. The topological polar surface area (TPSA) is 92.7 Å². The number of methoxy groups -OCH3 is 1. The molecule has 0 spiro atoms. The van der Waals surface area contributed by atoms with Crippen LogP contribution in [0, 0.1) is 5.92 Å². The minimum Gasteiger partial charge on any atom is -0.495 e. The third kappa shape index (κ3) is 2.94. The Balaban J connectivity index is 2.28. The second-order valence-corrected chi connectivity index (χ2v) is 6.75. The van der Waals surface area contributed by atoms with Gasteiger partial charge in [0.15, 0.2) is 0 Å². The summed E-state index contributed by atoms with van der Waals surface area (Å²) in [7, 11) is -2.39. The maximum Gasteiger partial charge on any atom is 0.335 e. The maximum absolute atomic E-state index is 12.3. The number of nitrogens with one attached hydrogen (secondary N) is 1. The van der Waals surface area contributed by atoms with E-state index < -0.39 is 16.0 Å². The molecule has 1 aromatic rings. The number of carboxylic acid groups (broad SMARTS) is 1. The van der Waals surface area contributed by atoms with Gasteiger partial charge < -0.3 is 9.84 Å². The monoisotopic (exact) mass is 299 g/mol. The van der Waals surface area contributed by atoms with Gasteiger partial charge in [-0.2, -0.15) is 0 Å². The van der Waals surface area contributed by atoms with Gasteiger partial charge in [-0.1, -0.05) is 6.92 Å². The fourth-order valence-electron chi connectivity index (χ4n) is 2.30. The van der Waals surface area contributed by atoms with Crippen LogP contribution in [0.25, 0.3) is 0 Å². The van der Waals surface area contributed by atoms with Crippen LogP contribution in [-0.4, -0.2) is 32.6 Å². The van der Waals surface area contributed by atoms with Crippen molar-refractivity contribution in [2.24, 2.45) is 5.92 Å². The summed E-state index contributed by atoms with van der Waals surface area (Å²) in [5.74, 6) is -0.572. The van der Waals surface area contributed by atoms with Crippen molar-refractivity contribution in [3.05, 3.63) is 23.8 Å². The molecule has 0 heterocycles. The van der Waals surface area contributed by atoms with Gasteiger partial charge in [-0.3, -0.25) is 0 Å². The van der Waals surface area contributed by atoms with Gasteiger partial charge in [0.2, 0.25) is 10.0 Å². The Bertz CT molecular complexity index is 620. The van der Waals surface area contributed by atoms with Crippen LogP contribution in [0.2, 0.25) is 0 Å². The molecular formula is C13H17NO5S. The van der Waals surface area contributed by atoms with Crippen molar-refractivity contribution in [3.8, 4) is 5.75 Å². The Kier molecular flexibility index (Phi) is 4.01. The van der Waals surface area contributed by atoms with Crippen LogP contribution in [0.1, 0.15) is 30.1 Å². The third-order valence-corrected chi connectivity index (χ3v) is 4.96. The van der Waals surface area contributed by atoms with Crippen LogP contribution in [0.5, 0.6) is 5.75 Å². The molecule has 1 fully saturated rings. The molecule has 2 N–H and O–H groups in total. The predicted molar refractivity (Wildman–Crippen MR) is 72.5 cm³/mol. The van der Waals surface area contributed by atoms with E-state index in [4.69, 9.17) is 9.84 Å². The molecule has 0 radical (unpaired) electrons. The van der Waals surface area contributed by atoms with Gasteiger partial charge in [0.25, 0.3) is 0 Å². The molecule has 1 aliphatic carbocycles. The normalized spacial score (nSPS) is 22.1. The van der Waals surface area contributed by atoms with Gasteiger partial charge in [-0.15, -0.1) is 0 Å². The van der Waals surface area contributed by atoms with E-state index in [9.17, 15) is 13.2 Å².